The predicted octanol–water partition coefficient (Wildman–Crippen LogP) is 5.62. The summed E-state index contributed by atoms with van der Waals surface area (Å²) in [4.78, 5) is 24.8. The number of nitrogens with one attached hydrogen (secondary N) is 1. The van der Waals surface area contributed by atoms with Crippen molar-refractivity contribution in [2.24, 2.45) is 5.10 Å². The Hall–Kier alpha value is -3.65. The zero-order valence-electron chi connectivity index (χ0n) is 18.9. The molecule has 0 atom stereocenters. The second kappa shape index (κ2) is 12.6. The molecule has 0 aliphatic heterocycles. The van der Waals surface area contributed by atoms with Crippen molar-refractivity contribution < 1.29 is 23.8 Å². The van der Waals surface area contributed by atoms with Crippen LogP contribution >= 0.6 is 15.9 Å². The van der Waals surface area contributed by atoms with Crippen LogP contribution in [-0.4, -0.2) is 31.8 Å². The number of ether oxygens (including phenoxy) is 3. The van der Waals surface area contributed by atoms with Gasteiger partial charge in [0.1, 0.15) is 5.75 Å². The number of unbranched alkanes of at least 4 members (excludes halogenated alkanes) is 1. The first kappa shape index (κ1) is 25.0. The fourth-order valence-corrected chi connectivity index (χ4v) is 3.37. The number of nitrogens with zero attached hydrogens (tertiary/aromatic N) is 1. The summed E-state index contributed by atoms with van der Waals surface area (Å²) < 4.78 is 17.2. The standard InChI is InChI=1S/C26H25BrN2O5/c1-3-4-15-33-20-12-10-19(11-13-20)26(31)34-23-14-9-18(16-24(23)32-2)17-28-29-25(30)21-7-5-6-8-22(21)27/h5-14,16-17H,3-4,15H2,1-2H3,(H,29,30). The third-order valence-electron chi connectivity index (χ3n) is 4.75. The Morgan fingerprint density at radius 3 is 2.50 bits per heavy atom. The van der Waals surface area contributed by atoms with Gasteiger partial charge in [-0.2, -0.15) is 5.10 Å². The maximum Gasteiger partial charge on any atom is 0.343 e. The summed E-state index contributed by atoms with van der Waals surface area (Å²) in [7, 11) is 1.48. The molecule has 0 saturated carbocycles. The predicted molar refractivity (Wildman–Crippen MR) is 134 cm³/mol. The number of rotatable bonds is 10. The Labute approximate surface area is 206 Å². The van der Waals surface area contributed by atoms with Crippen LogP contribution in [-0.2, 0) is 0 Å². The van der Waals surface area contributed by atoms with E-state index in [2.05, 4.69) is 33.4 Å². The van der Waals surface area contributed by atoms with E-state index in [4.69, 9.17) is 14.2 Å². The van der Waals surface area contributed by atoms with Crippen molar-refractivity contribution in [1.82, 2.24) is 5.43 Å². The third kappa shape index (κ3) is 6.92. The lowest BCUT2D eigenvalue weighted by atomic mass is 10.2. The van der Waals surface area contributed by atoms with Crippen molar-refractivity contribution in [2.45, 2.75) is 19.8 Å². The van der Waals surface area contributed by atoms with E-state index in [1.54, 1.807) is 60.7 Å². The fraction of sp³-hybridized carbons (Fsp3) is 0.192. The SMILES string of the molecule is CCCCOc1ccc(C(=O)Oc2ccc(C=NNC(=O)c3ccccc3Br)cc2OC)cc1. The van der Waals surface area contributed by atoms with E-state index in [9.17, 15) is 9.59 Å². The fourth-order valence-electron chi connectivity index (χ4n) is 2.90. The lowest BCUT2D eigenvalue weighted by Crippen LogP contribution is -2.18. The van der Waals surface area contributed by atoms with E-state index in [0.29, 0.717) is 39.3 Å². The van der Waals surface area contributed by atoms with Gasteiger partial charge in [0.15, 0.2) is 11.5 Å². The molecule has 34 heavy (non-hydrogen) atoms. The average molecular weight is 525 g/mol. The van der Waals surface area contributed by atoms with Crippen LogP contribution in [0.4, 0.5) is 0 Å². The summed E-state index contributed by atoms with van der Waals surface area (Å²) in [6.45, 7) is 2.74. The van der Waals surface area contributed by atoms with E-state index in [1.807, 2.05) is 6.07 Å². The molecular formula is C26H25BrN2O5. The molecule has 0 unspecified atom stereocenters. The molecule has 3 aromatic carbocycles. The van der Waals surface area contributed by atoms with Crippen LogP contribution in [0.25, 0.3) is 0 Å². The Morgan fingerprint density at radius 1 is 1.03 bits per heavy atom. The molecule has 0 radical (unpaired) electrons. The van der Waals surface area contributed by atoms with E-state index >= 15 is 0 Å². The number of halogens is 1. The highest BCUT2D eigenvalue weighted by molar-refractivity contribution is 9.10. The van der Waals surface area contributed by atoms with Gasteiger partial charge in [-0.3, -0.25) is 4.79 Å². The molecule has 0 heterocycles. The van der Waals surface area contributed by atoms with Crippen molar-refractivity contribution in [3.05, 3.63) is 87.9 Å². The molecule has 0 fully saturated rings. The number of hydrogen-bond acceptors (Lipinski definition) is 6. The van der Waals surface area contributed by atoms with Gasteiger partial charge >= 0.3 is 5.97 Å². The number of esters is 1. The van der Waals surface area contributed by atoms with E-state index in [0.717, 1.165) is 12.8 Å². The van der Waals surface area contributed by atoms with Gasteiger partial charge in [-0.1, -0.05) is 25.5 Å². The number of hydrazone groups is 1. The number of carbonyl (C=O) groups excluding carboxylic acids is 2. The lowest BCUT2D eigenvalue weighted by molar-refractivity contribution is 0.0729. The van der Waals surface area contributed by atoms with Gasteiger partial charge in [0, 0.05) is 4.47 Å². The minimum absolute atomic E-state index is 0.269. The van der Waals surface area contributed by atoms with Crippen LogP contribution in [0.1, 0.15) is 46.0 Å². The minimum atomic E-state index is -0.513. The zero-order chi connectivity index (χ0) is 24.3. The average Bonchev–Trinajstić information content (AvgIpc) is 2.85. The van der Waals surface area contributed by atoms with Gasteiger partial charge in [-0.25, -0.2) is 10.2 Å². The topological polar surface area (TPSA) is 86.2 Å². The monoisotopic (exact) mass is 524 g/mol. The number of hydrogen-bond donors (Lipinski definition) is 1. The van der Waals surface area contributed by atoms with Gasteiger partial charge in [0.25, 0.3) is 5.91 Å². The van der Waals surface area contributed by atoms with Crippen molar-refractivity contribution >= 4 is 34.0 Å². The van der Waals surface area contributed by atoms with Crippen LogP contribution in [0, 0.1) is 0 Å². The Morgan fingerprint density at radius 2 is 1.79 bits per heavy atom. The van der Waals surface area contributed by atoms with Crippen molar-refractivity contribution in [3.8, 4) is 17.2 Å². The molecule has 1 N–H and O–H groups in total. The molecule has 7 nitrogen and oxygen atoms in total. The number of methoxy groups -OCH3 is 1. The van der Waals surface area contributed by atoms with E-state index < -0.39 is 5.97 Å². The quantitative estimate of drug-likeness (QED) is 0.122. The number of benzene rings is 3. The zero-order valence-corrected chi connectivity index (χ0v) is 20.5. The number of amides is 1. The molecule has 8 heteroatoms. The largest absolute Gasteiger partial charge is 0.494 e. The highest BCUT2D eigenvalue weighted by atomic mass is 79.9. The number of carbonyl (C=O) groups is 2. The molecule has 0 aliphatic rings. The summed E-state index contributed by atoms with van der Waals surface area (Å²) >= 11 is 3.34. The second-order valence-electron chi connectivity index (χ2n) is 7.21. The summed E-state index contributed by atoms with van der Waals surface area (Å²) in [5, 5.41) is 3.99. The van der Waals surface area contributed by atoms with Crippen molar-refractivity contribution in [2.75, 3.05) is 13.7 Å². The summed E-state index contributed by atoms with van der Waals surface area (Å²) in [5.41, 5.74) is 4.00. The van der Waals surface area contributed by atoms with Crippen molar-refractivity contribution in [1.29, 1.82) is 0 Å². The molecule has 0 spiro atoms. The molecule has 0 aromatic heterocycles. The van der Waals surface area contributed by atoms with Crippen molar-refractivity contribution in [3.63, 3.8) is 0 Å². The molecular weight excluding hydrogens is 500 g/mol. The molecule has 3 aromatic rings. The van der Waals surface area contributed by atoms with Gasteiger partial charge in [-0.15, -0.1) is 0 Å². The van der Waals surface area contributed by atoms with Gasteiger partial charge < -0.3 is 14.2 Å². The maximum atomic E-state index is 12.6. The summed E-state index contributed by atoms with van der Waals surface area (Å²) in [6.07, 6.45) is 3.50. The third-order valence-corrected chi connectivity index (χ3v) is 5.44. The second-order valence-corrected chi connectivity index (χ2v) is 8.06. The van der Waals surface area contributed by atoms with Gasteiger partial charge in [0.05, 0.1) is 31.1 Å². The molecule has 176 valence electrons. The lowest BCUT2D eigenvalue weighted by Gasteiger charge is -2.10. The Balaban J connectivity index is 1.62. The smallest absolute Gasteiger partial charge is 0.343 e. The molecule has 0 bridgehead atoms. The Kier molecular flexibility index (Phi) is 9.22. The first-order valence-electron chi connectivity index (χ1n) is 10.7. The van der Waals surface area contributed by atoms with E-state index in [-0.39, 0.29) is 11.7 Å². The van der Waals surface area contributed by atoms with Crippen LogP contribution in [0.2, 0.25) is 0 Å². The highest BCUT2D eigenvalue weighted by Crippen LogP contribution is 2.28. The highest BCUT2D eigenvalue weighted by Gasteiger charge is 2.13. The van der Waals surface area contributed by atoms with Crippen LogP contribution in [0.5, 0.6) is 17.2 Å². The maximum absolute atomic E-state index is 12.6. The molecule has 3 rings (SSSR count). The first-order chi connectivity index (χ1) is 16.5. The molecule has 0 aliphatic carbocycles. The van der Waals surface area contributed by atoms with Crippen LogP contribution in [0.3, 0.4) is 0 Å². The molecule has 0 saturated heterocycles. The van der Waals surface area contributed by atoms with Crippen LogP contribution < -0.4 is 19.6 Å². The minimum Gasteiger partial charge on any atom is -0.494 e. The molecule has 1 amide bonds. The van der Waals surface area contributed by atoms with Gasteiger partial charge in [0.2, 0.25) is 0 Å². The summed E-state index contributed by atoms with van der Waals surface area (Å²) in [5.74, 6) is 0.473. The van der Waals surface area contributed by atoms with Gasteiger partial charge in [-0.05, 0) is 82.5 Å². The normalized spacial score (nSPS) is 10.7. The van der Waals surface area contributed by atoms with E-state index in [1.165, 1.54) is 13.3 Å². The first-order valence-corrected chi connectivity index (χ1v) is 11.5. The summed E-state index contributed by atoms with van der Waals surface area (Å²) in [6, 6.07) is 18.8. The Bertz CT molecular complexity index is 1160. The van der Waals surface area contributed by atoms with Crippen LogP contribution in [0.15, 0.2) is 76.3 Å².